The highest BCUT2D eigenvalue weighted by atomic mass is 16.7. The summed E-state index contributed by atoms with van der Waals surface area (Å²) in [6.45, 7) is 2.38. The number of nitrogens with one attached hydrogen (secondary N) is 2. The predicted molar refractivity (Wildman–Crippen MR) is 121 cm³/mol. The van der Waals surface area contributed by atoms with Crippen molar-refractivity contribution in [1.82, 2.24) is 25.3 Å². The van der Waals surface area contributed by atoms with E-state index < -0.39 is 11.4 Å². The highest BCUT2D eigenvalue weighted by molar-refractivity contribution is 6.01. The molecule has 180 valence electrons. The molecule has 0 bridgehead atoms. The zero-order valence-electron chi connectivity index (χ0n) is 19.4. The summed E-state index contributed by atoms with van der Waals surface area (Å²) < 4.78 is 12.1. The number of benzene rings is 1. The summed E-state index contributed by atoms with van der Waals surface area (Å²) in [6, 6.07) is 7.08. The van der Waals surface area contributed by atoms with Crippen LogP contribution in [-0.2, 0) is 17.9 Å². The summed E-state index contributed by atoms with van der Waals surface area (Å²) in [5.41, 5.74) is 0.186. The van der Waals surface area contributed by atoms with Gasteiger partial charge in [-0.25, -0.2) is 0 Å². The molecule has 1 unspecified atom stereocenters. The van der Waals surface area contributed by atoms with Crippen molar-refractivity contribution < 1.29 is 23.9 Å². The number of ether oxygens (including phenoxy) is 2. The van der Waals surface area contributed by atoms with Crippen LogP contribution >= 0.6 is 0 Å². The number of fused-ring (bicyclic) bond motifs is 2. The molecule has 5 rings (SSSR count). The van der Waals surface area contributed by atoms with Gasteiger partial charge in [0, 0.05) is 25.7 Å². The van der Waals surface area contributed by atoms with Crippen molar-refractivity contribution in [3.8, 4) is 11.5 Å². The molecular weight excluding hydrogens is 438 g/mol. The van der Waals surface area contributed by atoms with Crippen LogP contribution in [-0.4, -0.2) is 57.8 Å². The Balaban J connectivity index is 1.28. The summed E-state index contributed by atoms with van der Waals surface area (Å²) in [5.74, 6) is 0.391. The fraction of sp³-hybridized carbons (Fsp3) is 0.500. The molecule has 1 aromatic carbocycles. The molecule has 1 aromatic heterocycles. The Morgan fingerprint density at radius 1 is 1.15 bits per heavy atom. The molecule has 2 aromatic rings. The van der Waals surface area contributed by atoms with Crippen molar-refractivity contribution in [3.05, 3.63) is 41.2 Å². The molecule has 3 aliphatic rings. The topological polar surface area (TPSA) is 115 Å². The van der Waals surface area contributed by atoms with Crippen molar-refractivity contribution in [2.45, 2.75) is 63.7 Å². The van der Waals surface area contributed by atoms with E-state index in [-0.39, 0.29) is 43.4 Å². The van der Waals surface area contributed by atoms with Crippen LogP contribution in [0.5, 0.6) is 11.5 Å². The van der Waals surface area contributed by atoms with Crippen molar-refractivity contribution in [2.75, 3.05) is 13.8 Å². The second-order valence-corrected chi connectivity index (χ2v) is 9.39. The first-order valence-electron chi connectivity index (χ1n) is 11.7. The second kappa shape index (κ2) is 8.66. The van der Waals surface area contributed by atoms with E-state index in [1.54, 1.807) is 20.0 Å². The van der Waals surface area contributed by atoms with Gasteiger partial charge in [0.1, 0.15) is 11.2 Å². The Morgan fingerprint density at radius 2 is 1.91 bits per heavy atom. The molecule has 3 amide bonds. The fourth-order valence-electron chi connectivity index (χ4n) is 4.75. The van der Waals surface area contributed by atoms with E-state index in [0.717, 1.165) is 31.2 Å². The van der Waals surface area contributed by atoms with E-state index in [1.165, 1.54) is 22.1 Å². The Labute approximate surface area is 197 Å². The lowest BCUT2D eigenvalue weighted by Gasteiger charge is -2.41. The number of nitrogens with zero attached hydrogens (tertiary/aromatic N) is 3. The van der Waals surface area contributed by atoms with Gasteiger partial charge in [0.05, 0.1) is 6.54 Å². The molecule has 0 spiro atoms. The number of aromatic nitrogens is 2. The van der Waals surface area contributed by atoms with Crippen molar-refractivity contribution in [3.63, 3.8) is 0 Å². The third-order valence-electron chi connectivity index (χ3n) is 7.05. The molecule has 10 nitrogen and oxygen atoms in total. The van der Waals surface area contributed by atoms with E-state index >= 15 is 0 Å². The molecule has 0 saturated heterocycles. The Hall–Kier alpha value is -3.56. The third-order valence-corrected chi connectivity index (χ3v) is 7.05. The molecule has 34 heavy (non-hydrogen) atoms. The SMILES string of the molecule is CN1C(=O)c2cc(C(=O)NCc3ccc4c(c3)OCO4)nn2CC1(C)C(=O)NC1CCCCC1. The normalized spacial score (nSPS) is 21.8. The van der Waals surface area contributed by atoms with Crippen LogP contribution < -0.4 is 20.1 Å². The van der Waals surface area contributed by atoms with Crippen molar-refractivity contribution in [1.29, 1.82) is 0 Å². The van der Waals surface area contributed by atoms with Gasteiger partial charge in [-0.05, 0) is 37.5 Å². The lowest BCUT2D eigenvalue weighted by Crippen LogP contribution is -2.63. The van der Waals surface area contributed by atoms with Gasteiger partial charge in [-0.2, -0.15) is 5.10 Å². The number of likely N-dealkylation sites (N-methyl/N-ethyl adjacent to an activating group) is 1. The zero-order chi connectivity index (χ0) is 23.9. The average molecular weight is 468 g/mol. The highest BCUT2D eigenvalue weighted by Gasteiger charge is 2.46. The van der Waals surface area contributed by atoms with Gasteiger partial charge in [0.15, 0.2) is 17.2 Å². The number of amides is 3. The first kappa shape index (κ1) is 22.2. The van der Waals surface area contributed by atoms with Gasteiger partial charge in [-0.3, -0.25) is 19.1 Å². The molecular formula is C24H29N5O5. The van der Waals surface area contributed by atoms with Crippen molar-refractivity contribution in [2.24, 2.45) is 0 Å². The molecule has 1 saturated carbocycles. The van der Waals surface area contributed by atoms with Gasteiger partial charge < -0.3 is 25.0 Å². The van der Waals surface area contributed by atoms with Crippen molar-refractivity contribution >= 4 is 17.7 Å². The Morgan fingerprint density at radius 3 is 2.71 bits per heavy atom. The van der Waals surface area contributed by atoms with Crippen LogP contribution in [0.25, 0.3) is 0 Å². The van der Waals surface area contributed by atoms with Crippen LogP contribution in [0.3, 0.4) is 0 Å². The maximum atomic E-state index is 13.2. The number of hydrogen-bond acceptors (Lipinski definition) is 6. The van der Waals surface area contributed by atoms with Crippen LogP contribution in [0.4, 0.5) is 0 Å². The molecule has 0 radical (unpaired) electrons. The second-order valence-electron chi connectivity index (χ2n) is 9.39. The lowest BCUT2D eigenvalue weighted by atomic mass is 9.92. The van der Waals surface area contributed by atoms with Crippen LogP contribution in [0.15, 0.2) is 24.3 Å². The minimum atomic E-state index is -1.09. The fourth-order valence-corrected chi connectivity index (χ4v) is 4.75. The quantitative estimate of drug-likeness (QED) is 0.694. The Bertz CT molecular complexity index is 1140. The monoisotopic (exact) mass is 467 g/mol. The third kappa shape index (κ3) is 3.97. The minimum absolute atomic E-state index is 0.134. The van der Waals surface area contributed by atoms with Crippen LogP contribution in [0.1, 0.15) is 65.6 Å². The van der Waals surface area contributed by atoms with Gasteiger partial charge in [0.25, 0.3) is 11.8 Å². The maximum absolute atomic E-state index is 13.2. The molecule has 2 N–H and O–H groups in total. The standard InChI is InChI=1S/C24H29N5O5/c1-24(23(32)26-16-6-4-3-5-7-16)13-29-18(22(31)28(24)2)11-17(27-29)21(30)25-12-15-8-9-19-20(10-15)34-14-33-19/h8-11,16H,3-7,12-14H2,1-2H3,(H,25,30)(H,26,32). The van der Waals surface area contributed by atoms with Crippen LogP contribution in [0, 0.1) is 0 Å². The average Bonchev–Trinajstić information content (AvgIpc) is 3.48. The van der Waals surface area contributed by atoms with E-state index in [4.69, 9.17) is 9.47 Å². The molecule has 1 aliphatic carbocycles. The zero-order valence-corrected chi connectivity index (χ0v) is 19.4. The summed E-state index contributed by atoms with van der Waals surface area (Å²) in [7, 11) is 1.62. The molecule has 1 atom stereocenters. The highest BCUT2D eigenvalue weighted by Crippen LogP contribution is 2.32. The van der Waals surface area contributed by atoms with Gasteiger partial charge in [-0.1, -0.05) is 25.3 Å². The first-order chi connectivity index (χ1) is 16.3. The van der Waals surface area contributed by atoms with Gasteiger partial charge in [-0.15, -0.1) is 0 Å². The predicted octanol–water partition coefficient (Wildman–Crippen LogP) is 1.83. The summed E-state index contributed by atoms with van der Waals surface area (Å²) >= 11 is 0. The van der Waals surface area contributed by atoms with E-state index in [2.05, 4.69) is 15.7 Å². The number of rotatable bonds is 5. The van der Waals surface area contributed by atoms with E-state index in [9.17, 15) is 14.4 Å². The first-order valence-corrected chi connectivity index (χ1v) is 11.7. The summed E-state index contributed by atoms with van der Waals surface area (Å²) in [6.07, 6.45) is 5.31. The Kier molecular flexibility index (Phi) is 5.66. The summed E-state index contributed by atoms with van der Waals surface area (Å²) in [5, 5.41) is 10.3. The summed E-state index contributed by atoms with van der Waals surface area (Å²) in [4.78, 5) is 40.5. The lowest BCUT2D eigenvalue weighted by molar-refractivity contribution is -0.133. The molecule has 3 heterocycles. The number of hydrogen-bond donors (Lipinski definition) is 2. The maximum Gasteiger partial charge on any atom is 0.272 e. The van der Waals surface area contributed by atoms with Gasteiger partial charge in [0.2, 0.25) is 12.7 Å². The minimum Gasteiger partial charge on any atom is -0.454 e. The number of carbonyl (C=O) groups is 3. The molecule has 10 heteroatoms. The van der Waals surface area contributed by atoms with Crippen LogP contribution in [0.2, 0.25) is 0 Å². The smallest absolute Gasteiger partial charge is 0.272 e. The van der Waals surface area contributed by atoms with Gasteiger partial charge >= 0.3 is 0 Å². The van der Waals surface area contributed by atoms with E-state index in [0.29, 0.717) is 17.2 Å². The molecule has 1 fully saturated rings. The van der Waals surface area contributed by atoms with E-state index in [1.807, 2.05) is 12.1 Å². The number of carbonyl (C=O) groups excluding carboxylic acids is 3. The largest absolute Gasteiger partial charge is 0.454 e. The molecule has 2 aliphatic heterocycles.